The number of carbonyl (C=O) groups excluding carboxylic acids is 2. The second-order valence-corrected chi connectivity index (χ2v) is 9.36. The molecule has 1 fully saturated rings. The highest BCUT2D eigenvalue weighted by atomic mass is 32.1. The Hall–Kier alpha value is -2.28. The third kappa shape index (κ3) is 5.16. The van der Waals surface area contributed by atoms with Crippen LogP contribution in [0.2, 0.25) is 0 Å². The fraction of sp³-hybridized carbons (Fsp3) is 0.476. The van der Waals surface area contributed by atoms with Gasteiger partial charge in [0, 0.05) is 41.9 Å². The van der Waals surface area contributed by atoms with Gasteiger partial charge in [-0.15, -0.1) is 11.3 Å². The molecule has 2 heterocycles. The molecule has 0 atom stereocenters. The van der Waals surface area contributed by atoms with Crippen molar-refractivity contribution in [1.82, 2.24) is 9.88 Å². The van der Waals surface area contributed by atoms with Crippen molar-refractivity contribution < 1.29 is 14.0 Å². The number of hydrogen-bond donors (Lipinski definition) is 1. The summed E-state index contributed by atoms with van der Waals surface area (Å²) in [5.41, 5.74) is 0.478. The molecule has 0 spiro atoms. The molecule has 1 aliphatic heterocycles. The highest BCUT2D eigenvalue weighted by molar-refractivity contribution is 7.15. The number of aromatic nitrogens is 1. The minimum absolute atomic E-state index is 0.0467. The highest BCUT2D eigenvalue weighted by Gasteiger charge is 2.32. The lowest BCUT2D eigenvalue weighted by molar-refractivity contribution is -0.142. The third-order valence-corrected chi connectivity index (χ3v) is 5.76. The molecule has 3 rings (SSSR count). The molecule has 2 aromatic rings. The Balaban J connectivity index is 1.52. The number of rotatable bonds is 4. The largest absolute Gasteiger partial charge is 0.342 e. The van der Waals surface area contributed by atoms with E-state index in [0.29, 0.717) is 37.5 Å². The van der Waals surface area contributed by atoms with E-state index in [4.69, 9.17) is 0 Å². The average molecular weight is 404 g/mol. The van der Waals surface area contributed by atoms with Gasteiger partial charge in [-0.1, -0.05) is 32.9 Å². The van der Waals surface area contributed by atoms with E-state index < -0.39 is 5.41 Å². The standard InChI is InChI=1S/C21H26FN3O2S/c1-21(2,3)19(27)25-9-7-15(8-10-25)18(26)24-20-23-13-17(28-20)12-14-5-4-6-16(22)11-14/h4-6,11,13,15H,7-10,12H2,1-3H3,(H,23,24,26). The van der Waals surface area contributed by atoms with E-state index >= 15 is 0 Å². The van der Waals surface area contributed by atoms with Crippen molar-refractivity contribution in [2.24, 2.45) is 11.3 Å². The molecular formula is C21H26FN3O2S. The number of hydrogen-bond acceptors (Lipinski definition) is 4. The molecule has 150 valence electrons. The summed E-state index contributed by atoms with van der Waals surface area (Å²) in [5.74, 6) is -0.283. The quantitative estimate of drug-likeness (QED) is 0.836. The van der Waals surface area contributed by atoms with Crippen LogP contribution in [0.25, 0.3) is 0 Å². The lowest BCUT2D eigenvalue weighted by Gasteiger charge is -2.35. The molecule has 1 aromatic carbocycles. The molecule has 0 bridgehead atoms. The van der Waals surface area contributed by atoms with Crippen molar-refractivity contribution in [2.45, 2.75) is 40.0 Å². The van der Waals surface area contributed by atoms with Crippen LogP contribution in [0.4, 0.5) is 9.52 Å². The summed E-state index contributed by atoms with van der Waals surface area (Å²) in [5, 5.41) is 3.45. The fourth-order valence-electron chi connectivity index (χ4n) is 3.32. The molecule has 1 saturated heterocycles. The van der Waals surface area contributed by atoms with Crippen LogP contribution in [0.5, 0.6) is 0 Å². The van der Waals surface area contributed by atoms with E-state index in [1.54, 1.807) is 12.3 Å². The number of halogens is 1. The van der Waals surface area contributed by atoms with Gasteiger partial charge in [-0.05, 0) is 30.5 Å². The zero-order chi connectivity index (χ0) is 20.3. The van der Waals surface area contributed by atoms with Crippen LogP contribution < -0.4 is 5.32 Å². The van der Waals surface area contributed by atoms with Crippen LogP contribution in [-0.2, 0) is 16.0 Å². The number of benzene rings is 1. The summed E-state index contributed by atoms with van der Waals surface area (Å²) < 4.78 is 13.3. The molecule has 1 aromatic heterocycles. The van der Waals surface area contributed by atoms with Crippen LogP contribution in [0.1, 0.15) is 44.1 Å². The van der Waals surface area contributed by atoms with E-state index in [2.05, 4.69) is 10.3 Å². The molecule has 0 saturated carbocycles. The number of thiazole rings is 1. The fourth-order valence-corrected chi connectivity index (χ4v) is 4.17. The Labute approximate surface area is 169 Å². The number of carbonyl (C=O) groups is 2. The minimum atomic E-state index is -0.395. The van der Waals surface area contributed by atoms with Gasteiger partial charge in [0.15, 0.2) is 5.13 Å². The second kappa shape index (κ2) is 8.39. The summed E-state index contributed by atoms with van der Waals surface area (Å²) in [6, 6.07) is 6.48. The molecule has 5 nitrogen and oxygen atoms in total. The van der Waals surface area contributed by atoms with Gasteiger partial charge in [-0.25, -0.2) is 9.37 Å². The van der Waals surface area contributed by atoms with Gasteiger partial charge in [0.1, 0.15) is 5.82 Å². The summed E-state index contributed by atoms with van der Waals surface area (Å²) in [7, 11) is 0. The van der Waals surface area contributed by atoms with Gasteiger partial charge < -0.3 is 10.2 Å². The third-order valence-electron chi connectivity index (χ3n) is 4.85. The molecule has 28 heavy (non-hydrogen) atoms. The molecule has 2 amide bonds. The average Bonchev–Trinajstić information content (AvgIpc) is 3.07. The lowest BCUT2D eigenvalue weighted by Crippen LogP contribution is -2.45. The smallest absolute Gasteiger partial charge is 0.229 e. The van der Waals surface area contributed by atoms with Gasteiger partial charge in [0.25, 0.3) is 0 Å². The van der Waals surface area contributed by atoms with E-state index in [-0.39, 0.29) is 23.5 Å². The maximum atomic E-state index is 13.3. The Bertz CT molecular complexity index is 851. The van der Waals surface area contributed by atoms with Crippen LogP contribution in [-0.4, -0.2) is 34.8 Å². The molecule has 0 radical (unpaired) electrons. The van der Waals surface area contributed by atoms with Gasteiger partial charge in [-0.2, -0.15) is 0 Å². The van der Waals surface area contributed by atoms with Gasteiger partial charge in [-0.3, -0.25) is 9.59 Å². The molecular weight excluding hydrogens is 377 g/mol. The van der Waals surface area contributed by atoms with Gasteiger partial charge in [0.05, 0.1) is 0 Å². The Morgan fingerprint density at radius 1 is 1.29 bits per heavy atom. The molecule has 0 aliphatic carbocycles. The molecule has 1 aliphatic rings. The van der Waals surface area contributed by atoms with Crippen molar-refractivity contribution in [3.63, 3.8) is 0 Å². The summed E-state index contributed by atoms with van der Waals surface area (Å²) in [4.78, 5) is 32.0. The van der Waals surface area contributed by atoms with E-state index in [9.17, 15) is 14.0 Å². The number of anilines is 1. The first-order valence-corrected chi connectivity index (χ1v) is 10.3. The Morgan fingerprint density at radius 2 is 2.00 bits per heavy atom. The topological polar surface area (TPSA) is 62.3 Å². The van der Waals surface area contributed by atoms with E-state index in [1.807, 2.05) is 31.7 Å². The normalized spacial score (nSPS) is 15.5. The van der Waals surface area contributed by atoms with Crippen LogP contribution >= 0.6 is 11.3 Å². The van der Waals surface area contributed by atoms with Crippen molar-refractivity contribution >= 4 is 28.3 Å². The van der Waals surface area contributed by atoms with Crippen LogP contribution in [0.15, 0.2) is 30.5 Å². The first-order valence-electron chi connectivity index (χ1n) is 9.52. The predicted octanol–water partition coefficient (Wildman–Crippen LogP) is 4.10. The number of likely N-dealkylation sites (tertiary alicyclic amines) is 1. The van der Waals surface area contributed by atoms with Crippen molar-refractivity contribution in [3.05, 3.63) is 46.7 Å². The first kappa shape index (κ1) is 20.5. The van der Waals surface area contributed by atoms with Crippen molar-refractivity contribution in [2.75, 3.05) is 18.4 Å². The first-order chi connectivity index (χ1) is 13.2. The van der Waals surface area contributed by atoms with Crippen LogP contribution in [0.3, 0.4) is 0 Å². The predicted molar refractivity (Wildman–Crippen MR) is 109 cm³/mol. The zero-order valence-corrected chi connectivity index (χ0v) is 17.3. The maximum absolute atomic E-state index is 13.3. The summed E-state index contributed by atoms with van der Waals surface area (Å²) in [6.07, 6.45) is 3.62. The van der Waals surface area contributed by atoms with Crippen molar-refractivity contribution in [1.29, 1.82) is 0 Å². The second-order valence-electron chi connectivity index (χ2n) is 8.24. The van der Waals surface area contributed by atoms with E-state index in [0.717, 1.165) is 10.4 Å². The number of amides is 2. The monoisotopic (exact) mass is 403 g/mol. The Kier molecular flexibility index (Phi) is 6.13. The van der Waals surface area contributed by atoms with Gasteiger partial charge in [0.2, 0.25) is 11.8 Å². The Morgan fingerprint density at radius 3 is 2.64 bits per heavy atom. The summed E-state index contributed by atoms with van der Waals surface area (Å²) >= 11 is 1.40. The minimum Gasteiger partial charge on any atom is -0.342 e. The molecule has 1 N–H and O–H groups in total. The summed E-state index contributed by atoms with van der Waals surface area (Å²) in [6.45, 7) is 6.96. The number of nitrogens with zero attached hydrogens (tertiary/aromatic N) is 2. The number of piperidine rings is 1. The molecule has 7 heteroatoms. The number of nitrogens with one attached hydrogen (secondary N) is 1. The zero-order valence-electron chi connectivity index (χ0n) is 16.5. The van der Waals surface area contributed by atoms with Crippen LogP contribution in [0, 0.1) is 17.2 Å². The molecule has 0 unspecified atom stereocenters. The van der Waals surface area contributed by atoms with Crippen molar-refractivity contribution in [3.8, 4) is 0 Å². The maximum Gasteiger partial charge on any atom is 0.229 e. The van der Waals surface area contributed by atoms with E-state index in [1.165, 1.54) is 23.5 Å². The highest BCUT2D eigenvalue weighted by Crippen LogP contribution is 2.26. The lowest BCUT2D eigenvalue weighted by atomic mass is 9.91. The van der Waals surface area contributed by atoms with Gasteiger partial charge >= 0.3 is 0 Å². The SMILES string of the molecule is CC(C)(C)C(=O)N1CCC(C(=O)Nc2ncc(Cc3cccc(F)c3)s2)CC1.